The van der Waals surface area contributed by atoms with E-state index in [2.05, 4.69) is 10.6 Å². The second-order valence-electron chi connectivity index (χ2n) is 6.88. The molecule has 0 bridgehead atoms. The number of thioether (sulfide) groups is 1. The van der Waals surface area contributed by atoms with Crippen molar-refractivity contribution >= 4 is 52.5 Å². The van der Waals surface area contributed by atoms with Crippen LogP contribution in [-0.2, 0) is 9.59 Å². The minimum absolute atomic E-state index is 0.00454. The third kappa shape index (κ3) is 3.38. The van der Waals surface area contributed by atoms with Crippen molar-refractivity contribution in [1.29, 1.82) is 0 Å². The van der Waals surface area contributed by atoms with Crippen molar-refractivity contribution in [2.45, 2.75) is 30.7 Å². The summed E-state index contributed by atoms with van der Waals surface area (Å²) in [6.45, 7) is 1.99. The van der Waals surface area contributed by atoms with Crippen molar-refractivity contribution in [3.05, 3.63) is 47.4 Å². The predicted molar refractivity (Wildman–Crippen MR) is 107 cm³/mol. The van der Waals surface area contributed by atoms with Crippen molar-refractivity contribution in [1.82, 2.24) is 4.90 Å². The van der Waals surface area contributed by atoms with Crippen LogP contribution >= 0.6 is 23.4 Å². The molecule has 3 amide bonds. The number of amides is 3. The highest BCUT2D eigenvalue weighted by Gasteiger charge is 2.52. The van der Waals surface area contributed by atoms with Gasteiger partial charge in [-0.15, -0.1) is 11.8 Å². The molecule has 7 nitrogen and oxygen atoms in total. The molecule has 2 unspecified atom stereocenters. The Labute approximate surface area is 170 Å². The lowest BCUT2D eigenvalue weighted by atomic mass is 10.2. The van der Waals surface area contributed by atoms with Gasteiger partial charge in [-0.25, -0.2) is 0 Å². The average Bonchev–Trinajstić information content (AvgIpc) is 3.35. The Kier molecular flexibility index (Phi) is 4.84. The Morgan fingerprint density at radius 2 is 2.11 bits per heavy atom. The van der Waals surface area contributed by atoms with Crippen LogP contribution in [0.3, 0.4) is 0 Å². The normalized spacial score (nSPS) is 23.6. The fourth-order valence-corrected chi connectivity index (χ4v) is 5.16. The number of nitrogens with one attached hydrogen (secondary N) is 2. The second kappa shape index (κ2) is 7.18. The molecule has 1 aromatic heterocycles. The van der Waals surface area contributed by atoms with E-state index >= 15 is 0 Å². The number of hydrogen-bond acceptors (Lipinski definition) is 5. The minimum atomic E-state index is -0.547. The average molecular weight is 420 g/mol. The molecule has 28 heavy (non-hydrogen) atoms. The number of hydrogen-bond donors (Lipinski definition) is 2. The SMILES string of the molecule is CC12CCC(=O)N1C(C(=O)Nc1ccc(Cl)cc1NC(=O)c1ccco1)CS2. The van der Waals surface area contributed by atoms with Crippen molar-refractivity contribution < 1.29 is 18.8 Å². The topological polar surface area (TPSA) is 91.7 Å². The van der Waals surface area contributed by atoms with Crippen LogP contribution in [0, 0.1) is 0 Å². The summed E-state index contributed by atoms with van der Waals surface area (Å²) < 4.78 is 5.09. The first kappa shape index (κ1) is 18.9. The number of halogens is 1. The van der Waals surface area contributed by atoms with Crippen LogP contribution in [0.4, 0.5) is 11.4 Å². The molecule has 0 saturated carbocycles. The van der Waals surface area contributed by atoms with Gasteiger partial charge in [0.1, 0.15) is 6.04 Å². The van der Waals surface area contributed by atoms with E-state index in [1.807, 2.05) is 6.92 Å². The van der Waals surface area contributed by atoms with Crippen LogP contribution in [-0.4, -0.2) is 39.3 Å². The van der Waals surface area contributed by atoms with Gasteiger partial charge < -0.3 is 20.0 Å². The number of carbonyl (C=O) groups excluding carboxylic acids is 3. The van der Waals surface area contributed by atoms with Gasteiger partial charge >= 0.3 is 0 Å². The molecule has 0 spiro atoms. The Hall–Kier alpha value is -2.45. The molecule has 1 aromatic carbocycles. The number of nitrogens with zero attached hydrogens (tertiary/aromatic N) is 1. The molecule has 2 N–H and O–H groups in total. The zero-order valence-electron chi connectivity index (χ0n) is 15.0. The highest BCUT2D eigenvalue weighted by molar-refractivity contribution is 8.01. The highest BCUT2D eigenvalue weighted by Crippen LogP contribution is 2.47. The number of fused-ring (bicyclic) bond motifs is 1. The third-order valence-corrected chi connectivity index (χ3v) is 6.72. The molecule has 2 saturated heterocycles. The van der Waals surface area contributed by atoms with Gasteiger partial charge in [0, 0.05) is 17.2 Å². The van der Waals surface area contributed by atoms with Gasteiger partial charge in [0.15, 0.2) is 5.76 Å². The van der Waals surface area contributed by atoms with Crippen molar-refractivity contribution in [3.8, 4) is 0 Å². The summed E-state index contributed by atoms with van der Waals surface area (Å²) in [7, 11) is 0. The van der Waals surface area contributed by atoms with Gasteiger partial charge in [-0.2, -0.15) is 0 Å². The van der Waals surface area contributed by atoms with Crippen LogP contribution in [0.1, 0.15) is 30.3 Å². The zero-order valence-corrected chi connectivity index (χ0v) is 16.6. The summed E-state index contributed by atoms with van der Waals surface area (Å²) in [5.74, 6) is -0.0720. The summed E-state index contributed by atoms with van der Waals surface area (Å²) in [5, 5.41) is 5.93. The molecular weight excluding hydrogens is 402 g/mol. The standard InChI is InChI=1S/C19H18ClN3O4S/c1-19-7-6-16(24)23(19)14(10-28-19)17(25)21-12-5-4-11(20)9-13(12)22-18(26)15-3-2-8-27-15/h2-5,8-9,14H,6-7,10H2,1H3,(H,21,25)(H,22,26). The van der Waals surface area contributed by atoms with Crippen LogP contribution in [0.2, 0.25) is 5.02 Å². The fourth-order valence-electron chi connectivity index (χ4n) is 3.55. The maximum atomic E-state index is 12.9. The first-order valence-electron chi connectivity index (χ1n) is 8.79. The lowest BCUT2D eigenvalue weighted by molar-refractivity contribution is -0.135. The minimum Gasteiger partial charge on any atom is -0.459 e. The summed E-state index contributed by atoms with van der Waals surface area (Å²) in [5.41, 5.74) is 0.753. The largest absolute Gasteiger partial charge is 0.459 e. The van der Waals surface area contributed by atoms with E-state index in [1.165, 1.54) is 12.3 Å². The lowest BCUT2D eigenvalue weighted by Crippen LogP contribution is -2.48. The van der Waals surface area contributed by atoms with E-state index in [4.69, 9.17) is 16.0 Å². The molecule has 2 aliphatic heterocycles. The third-order valence-electron chi connectivity index (χ3n) is 4.98. The van der Waals surface area contributed by atoms with E-state index < -0.39 is 11.9 Å². The quantitative estimate of drug-likeness (QED) is 0.790. The van der Waals surface area contributed by atoms with E-state index in [-0.39, 0.29) is 22.4 Å². The molecule has 9 heteroatoms. The number of anilines is 2. The first-order valence-corrected chi connectivity index (χ1v) is 10.2. The maximum absolute atomic E-state index is 12.9. The molecule has 3 heterocycles. The Morgan fingerprint density at radius 1 is 1.29 bits per heavy atom. The van der Waals surface area contributed by atoms with Gasteiger partial charge in [0.05, 0.1) is 22.5 Å². The van der Waals surface area contributed by atoms with E-state index in [0.717, 1.165) is 6.42 Å². The van der Waals surface area contributed by atoms with Crippen LogP contribution in [0.25, 0.3) is 0 Å². The zero-order chi connectivity index (χ0) is 19.9. The molecule has 2 fully saturated rings. The van der Waals surface area contributed by atoms with Crippen LogP contribution in [0.5, 0.6) is 0 Å². The summed E-state index contributed by atoms with van der Waals surface area (Å²) >= 11 is 7.68. The van der Waals surface area contributed by atoms with Gasteiger partial charge in [0.2, 0.25) is 11.8 Å². The summed E-state index contributed by atoms with van der Waals surface area (Å²) in [6.07, 6.45) is 2.60. The predicted octanol–water partition coefficient (Wildman–Crippen LogP) is 3.58. The van der Waals surface area contributed by atoms with E-state index in [1.54, 1.807) is 40.9 Å². The van der Waals surface area contributed by atoms with Crippen molar-refractivity contribution in [3.63, 3.8) is 0 Å². The number of carbonyl (C=O) groups is 3. The second-order valence-corrected chi connectivity index (χ2v) is 8.81. The lowest BCUT2D eigenvalue weighted by Gasteiger charge is -2.30. The maximum Gasteiger partial charge on any atom is 0.291 e. The van der Waals surface area contributed by atoms with Crippen LogP contribution in [0.15, 0.2) is 41.0 Å². The Balaban J connectivity index is 1.54. The number of furan rings is 1. The van der Waals surface area contributed by atoms with Gasteiger partial charge in [-0.3, -0.25) is 14.4 Å². The number of rotatable bonds is 4. The summed E-state index contributed by atoms with van der Waals surface area (Å²) in [6, 6.07) is 7.38. The summed E-state index contributed by atoms with van der Waals surface area (Å²) in [4.78, 5) is 38.8. The molecule has 146 valence electrons. The Morgan fingerprint density at radius 3 is 2.86 bits per heavy atom. The molecule has 0 aliphatic carbocycles. The monoisotopic (exact) mass is 419 g/mol. The molecule has 4 rings (SSSR count). The Bertz CT molecular complexity index is 949. The van der Waals surface area contributed by atoms with E-state index in [9.17, 15) is 14.4 Å². The molecule has 2 atom stereocenters. The molecular formula is C19H18ClN3O4S. The smallest absolute Gasteiger partial charge is 0.291 e. The van der Waals surface area contributed by atoms with Crippen molar-refractivity contribution in [2.75, 3.05) is 16.4 Å². The highest BCUT2D eigenvalue weighted by atomic mass is 35.5. The van der Waals surface area contributed by atoms with Crippen LogP contribution < -0.4 is 10.6 Å². The van der Waals surface area contributed by atoms with Gasteiger partial charge in [-0.05, 0) is 43.7 Å². The molecule has 2 aromatic rings. The van der Waals surface area contributed by atoms with Gasteiger partial charge in [0.25, 0.3) is 5.91 Å². The molecule has 0 radical (unpaired) electrons. The van der Waals surface area contributed by atoms with Crippen molar-refractivity contribution in [2.24, 2.45) is 0 Å². The number of benzene rings is 1. The van der Waals surface area contributed by atoms with Gasteiger partial charge in [-0.1, -0.05) is 11.6 Å². The first-order chi connectivity index (χ1) is 13.4. The fraction of sp³-hybridized carbons (Fsp3) is 0.316. The van der Waals surface area contributed by atoms with E-state index in [0.29, 0.717) is 28.6 Å². The molecule has 2 aliphatic rings.